The molecule has 1 heterocycles. The fourth-order valence-corrected chi connectivity index (χ4v) is 3.15. The molecule has 72 valence electrons. The molecular formula is C6H12NNaO3S2. The van der Waals surface area contributed by atoms with Crippen LogP contribution in [0.2, 0.25) is 0 Å². The first kappa shape index (κ1) is 14.2. The number of thioether (sulfide) groups is 1. The summed E-state index contributed by atoms with van der Waals surface area (Å²) in [4.78, 5) is 0. The molecule has 1 rings (SSSR count). The van der Waals surface area contributed by atoms with Gasteiger partial charge in [-0.3, -0.25) is 0 Å². The Hall–Kier alpha value is 1.22. The van der Waals surface area contributed by atoms with E-state index in [9.17, 15) is 13.0 Å². The van der Waals surface area contributed by atoms with Crippen LogP contribution in [0.3, 0.4) is 0 Å². The zero-order valence-corrected chi connectivity index (χ0v) is 11.5. The summed E-state index contributed by atoms with van der Waals surface area (Å²) in [6.45, 7) is 1.95. The SMILES string of the molecule is C[C@@H]1CSCC[C@@H]1NS(=O)(=O)[O-].[Na+]. The van der Waals surface area contributed by atoms with E-state index in [2.05, 4.69) is 4.72 Å². The van der Waals surface area contributed by atoms with E-state index in [4.69, 9.17) is 0 Å². The van der Waals surface area contributed by atoms with Gasteiger partial charge < -0.3 is 4.55 Å². The number of rotatable bonds is 2. The largest absolute Gasteiger partial charge is 1.00 e. The molecule has 7 heteroatoms. The van der Waals surface area contributed by atoms with Crippen LogP contribution in [0.25, 0.3) is 0 Å². The molecule has 0 aliphatic carbocycles. The first-order valence-corrected chi connectivity index (χ1v) is 6.36. The molecule has 0 aromatic carbocycles. The Morgan fingerprint density at radius 1 is 1.54 bits per heavy atom. The number of hydrogen-bond acceptors (Lipinski definition) is 4. The summed E-state index contributed by atoms with van der Waals surface area (Å²) in [5.74, 6) is 2.11. The summed E-state index contributed by atoms with van der Waals surface area (Å²) < 4.78 is 33.2. The summed E-state index contributed by atoms with van der Waals surface area (Å²) in [5.41, 5.74) is 0. The molecule has 13 heavy (non-hydrogen) atoms. The van der Waals surface area contributed by atoms with Crippen molar-refractivity contribution in [2.45, 2.75) is 19.4 Å². The summed E-state index contributed by atoms with van der Waals surface area (Å²) in [5, 5.41) is 0. The number of nitrogens with one attached hydrogen (secondary N) is 1. The quantitative estimate of drug-likeness (QED) is 0.413. The Bertz CT molecular complexity index is 244. The van der Waals surface area contributed by atoms with Crippen LogP contribution in [0, 0.1) is 5.92 Å². The second kappa shape index (κ2) is 5.95. The first-order valence-electron chi connectivity index (χ1n) is 3.80. The minimum absolute atomic E-state index is 0. The normalized spacial score (nSPS) is 29.4. The van der Waals surface area contributed by atoms with Crippen molar-refractivity contribution in [2.24, 2.45) is 5.92 Å². The van der Waals surface area contributed by atoms with Crippen LogP contribution in [0.4, 0.5) is 0 Å². The Kier molecular flexibility index (Phi) is 6.50. The monoisotopic (exact) mass is 233 g/mol. The molecule has 1 aliphatic rings. The standard InChI is InChI=1S/C6H13NO3S2.Na/c1-5-4-11-3-2-6(5)7-12(8,9)10;/h5-7H,2-4H2,1H3,(H,8,9,10);/q;+1/p-1/t5-,6+;/m1./s1. The van der Waals surface area contributed by atoms with Crippen molar-refractivity contribution >= 4 is 22.1 Å². The average Bonchev–Trinajstić information content (AvgIpc) is 1.91. The molecule has 0 spiro atoms. The third-order valence-electron chi connectivity index (χ3n) is 1.94. The van der Waals surface area contributed by atoms with Gasteiger partial charge in [-0.05, 0) is 23.8 Å². The Balaban J connectivity index is 0.00000144. The van der Waals surface area contributed by atoms with Gasteiger partial charge in [0.1, 0.15) is 0 Å². The van der Waals surface area contributed by atoms with E-state index in [0.29, 0.717) is 0 Å². The molecule has 0 aromatic heterocycles. The van der Waals surface area contributed by atoms with Crippen LogP contribution in [-0.4, -0.2) is 30.5 Å². The molecule has 0 saturated carbocycles. The summed E-state index contributed by atoms with van der Waals surface area (Å²) in [6.07, 6.45) is 0.757. The molecule has 4 nitrogen and oxygen atoms in total. The molecule has 0 unspecified atom stereocenters. The van der Waals surface area contributed by atoms with E-state index >= 15 is 0 Å². The van der Waals surface area contributed by atoms with Gasteiger partial charge in [0.25, 0.3) is 0 Å². The predicted molar refractivity (Wildman–Crippen MR) is 47.7 cm³/mol. The fourth-order valence-electron chi connectivity index (χ4n) is 1.24. The summed E-state index contributed by atoms with van der Waals surface area (Å²) >= 11 is 1.80. The van der Waals surface area contributed by atoms with Crippen molar-refractivity contribution in [3.05, 3.63) is 0 Å². The van der Waals surface area contributed by atoms with Crippen LogP contribution >= 0.6 is 11.8 Å². The number of hydrogen-bond donors (Lipinski definition) is 1. The zero-order valence-electron chi connectivity index (χ0n) is 7.82. The smallest absolute Gasteiger partial charge is 0.735 e. The second-order valence-electron chi connectivity index (χ2n) is 3.02. The van der Waals surface area contributed by atoms with E-state index in [1.165, 1.54) is 0 Å². The Labute approximate surface area is 105 Å². The van der Waals surface area contributed by atoms with Crippen molar-refractivity contribution in [3.63, 3.8) is 0 Å². The van der Waals surface area contributed by atoms with E-state index in [1.807, 2.05) is 6.92 Å². The van der Waals surface area contributed by atoms with Gasteiger partial charge in [-0.25, -0.2) is 13.1 Å². The van der Waals surface area contributed by atoms with Crippen molar-refractivity contribution < 1.29 is 42.5 Å². The molecule has 0 bridgehead atoms. The molecular weight excluding hydrogens is 221 g/mol. The molecule has 0 amide bonds. The predicted octanol–water partition coefficient (Wildman–Crippen LogP) is -2.82. The van der Waals surface area contributed by atoms with Crippen molar-refractivity contribution in [1.29, 1.82) is 0 Å². The van der Waals surface area contributed by atoms with Gasteiger partial charge in [0.05, 0.1) is 0 Å². The van der Waals surface area contributed by atoms with Gasteiger partial charge in [-0.2, -0.15) is 11.8 Å². The zero-order chi connectivity index (χ0) is 9.19. The van der Waals surface area contributed by atoms with E-state index < -0.39 is 10.3 Å². The first-order chi connectivity index (χ1) is 5.49. The average molecular weight is 233 g/mol. The van der Waals surface area contributed by atoms with Crippen molar-refractivity contribution in [1.82, 2.24) is 4.72 Å². The Morgan fingerprint density at radius 2 is 2.15 bits per heavy atom. The molecule has 0 aromatic rings. The van der Waals surface area contributed by atoms with Gasteiger partial charge >= 0.3 is 29.6 Å². The van der Waals surface area contributed by atoms with Crippen LogP contribution in [0.1, 0.15) is 13.3 Å². The maximum atomic E-state index is 10.4. The van der Waals surface area contributed by atoms with Crippen LogP contribution in [0.5, 0.6) is 0 Å². The van der Waals surface area contributed by atoms with Crippen molar-refractivity contribution in [3.8, 4) is 0 Å². The van der Waals surface area contributed by atoms with Gasteiger partial charge in [0.2, 0.25) is 0 Å². The second-order valence-corrected chi connectivity index (χ2v) is 5.31. The van der Waals surface area contributed by atoms with Gasteiger partial charge in [-0.15, -0.1) is 0 Å². The molecule has 0 radical (unpaired) electrons. The van der Waals surface area contributed by atoms with Crippen LogP contribution in [-0.2, 0) is 10.3 Å². The molecule has 2 atom stereocenters. The third kappa shape index (κ3) is 5.61. The maximum absolute atomic E-state index is 10.4. The maximum Gasteiger partial charge on any atom is 1.00 e. The third-order valence-corrected chi connectivity index (χ3v) is 3.81. The van der Waals surface area contributed by atoms with E-state index in [1.54, 1.807) is 11.8 Å². The molecule has 1 fully saturated rings. The summed E-state index contributed by atoms with van der Waals surface area (Å²) in [7, 11) is -4.27. The van der Waals surface area contributed by atoms with Crippen LogP contribution < -0.4 is 34.3 Å². The van der Waals surface area contributed by atoms with Gasteiger partial charge in [0, 0.05) is 6.04 Å². The summed E-state index contributed by atoms with van der Waals surface area (Å²) in [6, 6.07) is -0.159. The molecule has 1 N–H and O–H groups in total. The minimum atomic E-state index is -4.27. The molecule has 1 aliphatic heterocycles. The van der Waals surface area contributed by atoms with Crippen molar-refractivity contribution in [2.75, 3.05) is 11.5 Å². The molecule has 1 saturated heterocycles. The van der Waals surface area contributed by atoms with Crippen LogP contribution in [0.15, 0.2) is 0 Å². The topological polar surface area (TPSA) is 69.2 Å². The minimum Gasteiger partial charge on any atom is -0.735 e. The van der Waals surface area contributed by atoms with Gasteiger partial charge in [-0.1, -0.05) is 6.92 Å². The Morgan fingerprint density at radius 3 is 2.62 bits per heavy atom. The van der Waals surface area contributed by atoms with E-state index in [0.717, 1.165) is 17.9 Å². The van der Waals surface area contributed by atoms with Gasteiger partial charge in [0.15, 0.2) is 10.3 Å². The van der Waals surface area contributed by atoms with E-state index in [-0.39, 0.29) is 41.5 Å². The fraction of sp³-hybridized carbons (Fsp3) is 1.00.